The van der Waals surface area contributed by atoms with E-state index in [0.717, 1.165) is 16.6 Å². The van der Waals surface area contributed by atoms with E-state index in [-0.39, 0.29) is 5.91 Å². The van der Waals surface area contributed by atoms with Crippen molar-refractivity contribution in [3.63, 3.8) is 0 Å². The molecule has 144 valence electrons. The van der Waals surface area contributed by atoms with Gasteiger partial charge in [-0.15, -0.1) is 4.91 Å². The normalized spacial score (nSPS) is 14.0. The molecule has 0 radical (unpaired) electrons. The molecule has 1 aliphatic carbocycles. The maximum absolute atomic E-state index is 12.5. The molecule has 1 aromatic heterocycles. The molecule has 28 heavy (non-hydrogen) atoms. The number of anilines is 1. The van der Waals surface area contributed by atoms with Crippen molar-refractivity contribution in [3.05, 3.63) is 76.8 Å². The average molecular weight is 377 g/mol. The quantitative estimate of drug-likeness (QED) is 0.454. The van der Waals surface area contributed by atoms with Crippen molar-refractivity contribution >= 4 is 22.5 Å². The summed E-state index contributed by atoms with van der Waals surface area (Å²) < 4.78 is 0. The number of para-hydroxylation sites is 1. The van der Waals surface area contributed by atoms with Gasteiger partial charge in [-0.25, -0.2) is 0 Å². The predicted molar refractivity (Wildman–Crippen MR) is 110 cm³/mol. The van der Waals surface area contributed by atoms with Gasteiger partial charge >= 0.3 is 0 Å². The maximum atomic E-state index is 12.5. The summed E-state index contributed by atoms with van der Waals surface area (Å²) >= 11 is 0. The molecule has 6 nitrogen and oxygen atoms in total. The van der Waals surface area contributed by atoms with Crippen LogP contribution in [-0.4, -0.2) is 16.1 Å². The fourth-order valence-corrected chi connectivity index (χ4v) is 3.67. The SMILES string of the molecule is O=C(Nc1ccc(C2CCCCC2)cc1)c1cnc2ccccc2c1.O=NO. The molecule has 0 atom stereocenters. The van der Waals surface area contributed by atoms with Gasteiger partial charge in [0.15, 0.2) is 5.34 Å². The Morgan fingerprint density at radius 2 is 1.71 bits per heavy atom. The van der Waals surface area contributed by atoms with Gasteiger partial charge in [-0.1, -0.05) is 49.6 Å². The third kappa shape index (κ3) is 4.91. The van der Waals surface area contributed by atoms with Crippen LogP contribution in [0.4, 0.5) is 5.69 Å². The third-order valence-electron chi connectivity index (χ3n) is 5.10. The highest BCUT2D eigenvalue weighted by atomic mass is 16.6. The minimum atomic E-state index is -0.122. The van der Waals surface area contributed by atoms with Crippen LogP contribution >= 0.6 is 0 Å². The van der Waals surface area contributed by atoms with E-state index >= 15 is 0 Å². The van der Waals surface area contributed by atoms with Crippen molar-refractivity contribution in [1.29, 1.82) is 0 Å². The third-order valence-corrected chi connectivity index (χ3v) is 5.10. The summed E-state index contributed by atoms with van der Waals surface area (Å²) in [5.41, 5.74) is 3.70. The second-order valence-electron chi connectivity index (χ2n) is 6.91. The zero-order chi connectivity index (χ0) is 19.8. The molecule has 0 spiro atoms. The fourth-order valence-electron chi connectivity index (χ4n) is 3.67. The van der Waals surface area contributed by atoms with Gasteiger partial charge in [0, 0.05) is 17.3 Å². The van der Waals surface area contributed by atoms with Gasteiger partial charge in [0.25, 0.3) is 5.91 Å². The number of hydrogen-bond donors (Lipinski definition) is 2. The number of aromatic nitrogens is 1. The Morgan fingerprint density at radius 3 is 2.43 bits per heavy atom. The van der Waals surface area contributed by atoms with Crippen molar-refractivity contribution in [2.45, 2.75) is 38.0 Å². The molecule has 2 aromatic carbocycles. The number of fused-ring (bicyclic) bond motifs is 1. The van der Waals surface area contributed by atoms with Crippen LogP contribution in [0, 0.1) is 4.91 Å². The first-order valence-corrected chi connectivity index (χ1v) is 9.44. The van der Waals surface area contributed by atoms with E-state index in [1.807, 2.05) is 42.5 Å². The number of pyridine rings is 1. The first-order valence-electron chi connectivity index (χ1n) is 9.44. The van der Waals surface area contributed by atoms with Crippen molar-refractivity contribution in [2.24, 2.45) is 5.34 Å². The molecule has 0 bridgehead atoms. The summed E-state index contributed by atoms with van der Waals surface area (Å²) in [6.07, 6.45) is 8.23. The van der Waals surface area contributed by atoms with Gasteiger partial charge in [0.05, 0.1) is 11.1 Å². The van der Waals surface area contributed by atoms with E-state index < -0.39 is 0 Å². The van der Waals surface area contributed by atoms with Crippen LogP contribution in [0.15, 0.2) is 66.1 Å². The Hall–Kier alpha value is -3.28. The van der Waals surface area contributed by atoms with E-state index in [9.17, 15) is 4.79 Å². The molecule has 6 heteroatoms. The molecule has 4 rings (SSSR count). The number of nitrogens with zero attached hydrogens (tertiary/aromatic N) is 2. The number of carbonyl (C=O) groups is 1. The fraction of sp³-hybridized carbons (Fsp3) is 0.273. The highest BCUT2D eigenvalue weighted by Crippen LogP contribution is 2.33. The molecule has 0 saturated heterocycles. The Labute approximate surface area is 163 Å². The summed E-state index contributed by atoms with van der Waals surface area (Å²) in [7, 11) is 0. The van der Waals surface area contributed by atoms with Crippen molar-refractivity contribution in [2.75, 3.05) is 5.32 Å². The summed E-state index contributed by atoms with van der Waals surface area (Å²) in [5, 5.41) is 11.8. The Balaban J connectivity index is 0.000000706. The predicted octanol–water partition coefficient (Wildman–Crippen LogP) is 5.68. The molecular weight excluding hydrogens is 354 g/mol. The molecule has 1 heterocycles. The van der Waals surface area contributed by atoms with Crippen LogP contribution in [0.3, 0.4) is 0 Å². The molecule has 1 saturated carbocycles. The standard InChI is InChI=1S/C22H22N2O.HNO2/c25-22(19-14-18-8-4-5-9-21(18)23-15-19)24-20-12-10-17(11-13-20)16-6-2-1-3-7-16;2-1-3/h4-5,8-16H,1-3,6-7H2,(H,24,25);(H,2,3). The van der Waals surface area contributed by atoms with E-state index in [1.165, 1.54) is 43.0 Å². The Bertz CT molecular complexity index is 935. The lowest BCUT2D eigenvalue weighted by Crippen LogP contribution is -2.12. The monoisotopic (exact) mass is 377 g/mol. The van der Waals surface area contributed by atoms with Gasteiger partial charge in [-0.05, 0) is 48.6 Å². The smallest absolute Gasteiger partial charge is 0.257 e. The van der Waals surface area contributed by atoms with Gasteiger partial charge in [-0.2, -0.15) is 0 Å². The zero-order valence-electron chi connectivity index (χ0n) is 15.5. The number of hydrogen-bond acceptors (Lipinski definition) is 4. The Kier molecular flexibility index (Phi) is 6.68. The average Bonchev–Trinajstić information content (AvgIpc) is 2.75. The zero-order valence-corrected chi connectivity index (χ0v) is 15.5. The molecule has 1 aliphatic rings. The van der Waals surface area contributed by atoms with Gasteiger partial charge < -0.3 is 10.5 Å². The minimum Gasteiger partial charge on any atom is -0.379 e. The molecule has 0 unspecified atom stereocenters. The van der Waals surface area contributed by atoms with Gasteiger partial charge in [0.1, 0.15) is 0 Å². The maximum Gasteiger partial charge on any atom is 0.257 e. The molecular formula is C22H23N3O3. The van der Waals surface area contributed by atoms with Crippen molar-refractivity contribution in [1.82, 2.24) is 4.98 Å². The van der Waals surface area contributed by atoms with E-state index in [0.29, 0.717) is 11.5 Å². The lowest BCUT2D eigenvalue weighted by molar-refractivity contribution is 0.102. The first kappa shape index (κ1) is 19.5. The molecule has 3 aromatic rings. The van der Waals surface area contributed by atoms with E-state index in [4.69, 9.17) is 10.1 Å². The topological polar surface area (TPSA) is 91.7 Å². The number of rotatable bonds is 3. The highest BCUT2D eigenvalue weighted by Gasteiger charge is 2.15. The number of carbonyl (C=O) groups excluding carboxylic acids is 1. The largest absolute Gasteiger partial charge is 0.379 e. The van der Waals surface area contributed by atoms with Crippen LogP contribution < -0.4 is 5.32 Å². The minimum absolute atomic E-state index is 0.122. The molecule has 0 aliphatic heterocycles. The molecule has 2 N–H and O–H groups in total. The number of amides is 1. The van der Waals surface area contributed by atoms with Crippen LogP contribution in [0.1, 0.15) is 53.9 Å². The summed E-state index contributed by atoms with van der Waals surface area (Å²) in [4.78, 5) is 25.0. The molecule has 1 fully saturated rings. The van der Waals surface area contributed by atoms with Gasteiger partial charge in [-0.3, -0.25) is 9.78 Å². The summed E-state index contributed by atoms with van der Waals surface area (Å²) in [5.74, 6) is 0.562. The number of benzene rings is 2. The highest BCUT2D eigenvalue weighted by molar-refractivity contribution is 6.05. The second-order valence-corrected chi connectivity index (χ2v) is 6.91. The van der Waals surface area contributed by atoms with Crippen molar-refractivity contribution in [3.8, 4) is 0 Å². The van der Waals surface area contributed by atoms with Gasteiger partial charge in [0.2, 0.25) is 0 Å². The lowest BCUT2D eigenvalue weighted by Gasteiger charge is -2.22. The van der Waals surface area contributed by atoms with Crippen LogP contribution in [0.2, 0.25) is 0 Å². The first-order chi connectivity index (χ1) is 13.7. The second kappa shape index (κ2) is 9.60. The summed E-state index contributed by atoms with van der Waals surface area (Å²) in [6, 6.07) is 18.0. The van der Waals surface area contributed by atoms with E-state index in [1.54, 1.807) is 6.20 Å². The van der Waals surface area contributed by atoms with E-state index in [2.05, 4.69) is 22.4 Å². The van der Waals surface area contributed by atoms with Crippen LogP contribution in [-0.2, 0) is 0 Å². The Morgan fingerprint density at radius 1 is 1.04 bits per heavy atom. The lowest BCUT2D eigenvalue weighted by atomic mass is 9.84. The summed E-state index contributed by atoms with van der Waals surface area (Å²) in [6.45, 7) is 0. The number of nitrogens with one attached hydrogen (secondary N) is 1. The van der Waals surface area contributed by atoms with Crippen LogP contribution in [0.25, 0.3) is 10.9 Å². The van der Waals surface area contributed by atoms with Crippen LogP contribution in [0.5, 0.6) is 0 Å². The molecule has 1 amide bonds. The van der Waals surface area contributed by atoms with Crippen molar-refractivity contribution < 1.29 is 10.0 Å².